The highest BCUT2D eigenvalue weighted by Crippen LogP contribution is 2.20. The number of rotatable bonds is 13. The molecule has 0 radical (unpaired) electrons. The predicted octanol–water partition coefficient (Wildman–Crippen LogP) is 5.75. The molecule has 0 amide bonds. The van der Waals surface area contributed by atoms with E-state index in [1.807, 2.05) is 0 Å². The Bertz CT molecular complexity index is 262. The molecule has 0 saturated carbocycles. The Balaban J connectivity index is 2.16. The number of hydrogen-bond donors (Lipinski definition) is 0. The van der Waals surface area contributed by atoms with Crippen LogP contribution in [0.5, 0.6) is 0 Å². The minimum Gasteiger partial charge on any atom is -0.356 e. The van der Waals surface area contributed by atoms with E-state index in [2.05, 4.69) is 43.0 Å². The largest absolute Gasteiger partial charge is 0.356 e. The van der Waals surface area contributed by atoms with Crippen molar-refractivity contribution in [2.45, 2.75) is 97.6 Å². The van der Waals surface area contributed by atoms with E-state index in [0.29, 0.717) is 6.17 Å². The molecule has 0 fully saturated rings. The first kappa shape index (κ1) is 18.4. The molecule has 124 valence electrons. The van der Waals surface area contributed by atoms with Gasteiger partial charge in [-0.2, -0.15) is 0 Å². The molecule has 0 aromatic heterocycles. The van der Waals surface area contributed by atoms with Crippen LogP contribution in [0.15, 0.2) is 12.4 Å². The highest BCUT2D eigenvalue weighted by molar-refractivity contribution is 4.96. The lowest BCUT2D eigenvalue weighted by Gasteiger charge is -2.32. The Morgan fingerprint density at radius 1 is 0.619 bits per heavy atom. The average Bonchev–Trinajstić information content (AvgIpc) is 2.89. The Morgan fingerprint density at radius 3 is 1.52 bits per heavy atom. The molecule has 1 atom stereocenters. The quantitative estimate of drug-likeness (QED) is 0.399. The van der Waals surface area contributed by atoms with Gasteiger partial charge in [-0.3, -0.25) is 0 Å². The maximum absolute atomic E-state index is 2.57. The van der Waals surface area contributed by atoms with Crippen LogP contribution < -0.4 is 0 Å². The van der Waals surface area contributed by atoms with Crippen molar-refractivity contribution in [2.75, 3.05) is 13.1 Å². The second-order valence-electron chi connectivity index (χ2n) is 6.49. The van der Waals surface area contributed by atoms with Gasteiger partial charge in [-0.05, 0) is 19.3 Å². The zero-order valence-electron chi connectivity index (χ0n) is 14.8. The lowest BCUT2D eigenvalue weighted by molar-refractivity contribution is 0.144. The van der Waals surface area contributed by atoms with E-state index in [-0.39, 0.29) is 0 Å². The monoisotopic (exact) mass is 294 g/mol. The highest BCUT2D eigenvalue weighted by Gasteiger charge is 2.23. The molecule has 2 nitrogen and oxygen atoms in total. The summed E-state index contributed by atoms with van der Waals surface area (Å²) in [6.45, 7) is 9.38. The fraction of sp³-hybridized carbons (Fsp3) is 0.895. The van der Waals surface area contributed by atoms with Crippen molar-refractivity contribution in [2.24, 2.45) is 0 Å². The van der Waals surface area contributed by atoms with Gasteiger partial charge in [-0.1, -0.05) is 72.1 Å². The Morgan fingerprint density at radius 2 is 1.05 bits per heavy atom. The van der Waals surface area contributed by atoms with E-state index in [9.17, 15) is 0 Å². The summed E-state index contributed by atoms with van der Waals surface area (Å²) in [5.41, 5.74) is 0. The summed E-state index contributed by atoms with van der Waals surface area (Å²) in [4.78, 5) is 5.13. The van der Waals surface area contributed by atoms with E-state index >= 15 is 0 Å². The van der Waals surface area contributed by atoms with Gasteiger partial charge in [0.05, 0.1) is 0 Å². The summed E-state index contributed by atoms with van der Waals surface area (Å²) in [7, 11) is 0. The third-order valence-corrected chi connectivity index (χ3v) is 4.62. The number of nitrogens with zero attached hydrogens (tertiary/aromatic N) is 2. The molecule has 0 bridgehead atoms. The molecule has 1 aliphatic rings. The third-order valence-electron chi connectivity index (χ3n) is 4.62. The first-order valence-corrected chi connectivity index (χ1v) is 9.53. The zero-order chi connectivity index (χ0) is 15.3. The molecule has 0 aliphatic carbocycles. The fourth-order valence-electron chi connectivity index (χ4n) is 3.27. The van der Waals surface area contributed by atoms with Crippen molar-refractivity contribution >= 4 is 0 Å². The summed E-state index contributed by atoms with van der Waals surface area (Å²) in [5.74, 6) is 0. The molecule has 21 heavy (non-hydrogen) atoms. The van der Waals surface area contributed by atoms with Crippen LogP contribution in [-0.4, -0.2) is 29.1 Å². The standard InChI is InChI=1S/C19H38N2/c1-4-7-9-11-12-14-16-21-18-17-20(19(21)6-3)15-13-10-8-5-2/h17-19H,4-16H2,1-3H3. The van der Waals surface area contributed by atoms with Gasteiger partial charge in [-0.15, -0.1) is 0 Å². The van der Waals surface area contributed by atoms with Gasteiger partial charge >= 0.3 is 0 Å². The molecule has 1 heterocycles. The summed E-state index contributed by atoms with van der Waals surface area (Å²) in [6, 6.07) is 0. The van der Waals surface area contributed by atoms with Gasteiger partial charge in [0.1, 0.15) is 6.17 Å². The van der Waals surface area contributed by atoms with Crippen LogP contribution >= 0.6 is 0 Å². The van der Waals surface area contributed by atoms with Crippen LogP contribution in [0.3, 0.4) is 0 Å². The molecule has 1 rings (SSSR count). The molecular weight excluding hydrogens is 256 g/mol. The highest BCUT2D eigenvalue weighted by atomic mass is 15.4. The number of unbranched alkanes of at least 4 members (excludes halogenated alkanes) is 8. The van der Waals surface area contributed by atoms with Crippen molar-refractivity contribution < 1.29 is 0 Å². The van der Waals surface area contributed by atoms with E-state index < -0.39 is 0 Å². The maximum atomic E-state index is 2.57. The van der Waals surface area contributed by atoms with Crippen molar-refractivity contribution in [1.29, 1.82) is 0 Å². The van der Waals surface area contributed by atoms with Gasteiger partial charge in [0, 0.05) is 25.5 Å². The molecule has 0 aromatic carbocycles. The van der Waals surface area contributed by atoms with Gasteiger partial charge in [0.15, 0.2) is 0 Å². The molecule has 1 aliphatic heterocycles. The van der Waals surface area contributed by atoms with Crippen LogP contribution in [-0.2, 0) is 0 Å². The zero-order valence-corrected chi connectivity index (χ0v) is 14.8. The van der Waals surface area contributed by atoms with E-state index in [1.54, 1.807) is 0 Å². The maximum Gasteiger partial charge on any atom is 0.100 e. The SMILES string of the molecule is CCCCCCCCN1C=CN(CCCCCC)C1CC. The fourth-order valence-corrected chi connectivity index (χ4v) is 3.27. The number of hydrogen-bond acceptors (Lipinski definition) is 2. The summed E-state index contributed by atoms with van der Waals surface area (Å²) in [6.07, 6.45) is 20.3. The summed E-state index contributed by atoms with van der Waals surface area (Å²) >= 11 is 0. The van der Waals surface area contributed by atoms with Crippen molar-refractivity contribution in [3.8, 4) is 0 Å². The molecular formula is C19H38N2. The van der Waals surface area contributed by atoms with Gasteiger partial charge < -0.3 is 9.80 Å². The van der Waals surface area contributed by atoms with Crippen LogP contribution in [0.2, 0.25) is 0 Å². The minimum absolute atomic E-state index is 0.627. The average molecular weight is 295 g/mol. The Hall–Kier alpha value is -0.660. The Labute approximate surface area is 133 Å². The smallest absolute Gasteiger partial charge is 0.100 e. The third kappa shape index (κ3) is 7.24. The lowest BCUT2D eigenvalue weighted by Crippen LogP contribution is -2.38. The second kappa shape index (κ2) is 11.9. The predicted molar refractivity (Wildman–Crippen MR) is 94.1 cm³/mol. The lowest BCUT2D eigenvalue weighted by atomic mass is 10.1. The molecule has 2 heteroatoms. The van der Waals surface area contributed by atoms with Gasteiger partial charge in [0.25, 0.3) is 0 Å². The molecule has 1 unspecified atom stereocenters. The van der Waals surface area contributed by atoms with Crippen molar-refractivity contribution in [1.82, 2.24) is 9.80 Å². The van der Waals surface area contributed by atoms with E-state index in [4.69, 9.17) is 0 Å². The van der Waals surface area contributed by atoms with Crippen LogP contribution in [0.1, 0.15) is 91.4 Å². The van der Waals surface area contributed by atoms with Gasteiger partial charge in [0.2, 0.25) is 0 Å². The van der Waals surface area contributed by atoms with Crippen molar-refractivity contribution in [3.05, 3.63) is 12.4 Å². The molecule has 0 N–H and O–H groups in total. The molecule has 0 saturated heterocycles. The molecule has 0 aromatic rings. The first-order chi connectivity index (χ1) is 10.3. The van der Waals surface area contributed by atoms with Crippen LogP contribution in [0.4, 0.5) is 0 Å². The van der Waals surface area contributed by atoms with E-state index in [0.717, 1.165) is 0 Å². The van der Waals surface area contributed by atoms with Crippen LogP contribution in [0, 0.1) is 0 Å². The second-order valence-corrected chi connectivity index (χ2v) is 6.49. The normalized spacial score (nSPS) is 18.0. The topological polar surface area (TPSA) is 6.48 Å². The summed E-state index contributed by atoms with van der Waals surface area (Å²) in [5, 5.41) is 0. The first-order valence-electron chi connectivity index (χ1n) is 9.53. The van der Waals surface area contributed by atoms with E-state index in [1.165, 1.54) is 83.7 Å². The summed E-state index contributed by atoms with van der Waals surface area (Å²) < 4.78 is 0. The van der Waals surface area contributed by atoms with Crippen molar-refractivity contribution in [3.63, 3.8) is 0 Å². The molecule has 0 spiro atoms. The van der Waals surface area contributed by atoms with Gasteiger partial charge in [-0.25, -0.2) is 0 Å². The minimum atomic E-state index is 0.627. The van der Waals surface area contributed by atoms with Crippen LogP contribution in [0.25, 0.3) is 0 Å². The Kier molecular flexibility index (Phi) is 10.5.